The summed E-state index contributed by atoms with van der Waals surface area (Å²) in [4.78, 5) is 33.6. The Morgan fingerprint density at radius 1 is 0.977 bits per heavy atom. The molecule has 1 aliphatic heterocycles. The van der Waals surface area contributed by atoms with E-state index < -0.39 is 11.9 Å². The fourth-order valence-electron chi connectivity index (χ4n) is 5.00. The Morgan fingerprint density at radius 3 is 2.65 bits per heavy atom. The van der Waals surface area contributed by atoms with Crippen LogP contribution in [0.25, 0.3) is 11.0 Å². The SMILES string of the molecule is COc1ccc(NC(=O)CN(C(=O)Cn2nnc3ccccc32)[C@H](c2cccnc2)c2ccc3c(c2)OCO3)c(OC)c1. The average Bonchev–Trinajstić information content (AvgIpc) is 3.68. The van der Waals surface area contributed by atoms with Gasteiger partial charge in [0.1, 0.15) is 30.1 Å². The first-order valence-corrected chi connectivity index (χ1v) is 13.4. The second-order valence-corrected chi connectivity index (χ2v) is 9.67. The van der Waals surface area contributed by atoms with E-state index in [1.807, 2.05) is 42.5 Å². The Morgan fingerprint density at radius 2 is 1.84 bits per heavy atom. The van der Waals surface area contributed by atoms with Gasteiger partial charge in [0.25, 0.3) is 0 Å². The number of pyridine rings is 1. The highest BCUT2D eigenvalue weighted by molar-refractivity contribution is 5.96. The molecule has 2 aromatic heterocycles. The number of carbonyl (C=O) groups excluding carboxylic acids is 2. The molecule has 218 valence electrons. The number of fused-ring (bicyclic) bond motifs is 2. The van der Waals surface area contributed by atoms with E-state index in [2.05, 4.69) is 20.6 Å². The number of hydrogen-bond donors (Lipinski definition) is 1. The molecule has 3 heterocycles. The fraction of sp³-hybridized carbons (Fsp3) is 0.194. The lowest BCUT2D eigenvalue weighted by atomic mass is 9.97. The summed E-state index contributed by atoms with van der Waals surface area (Å²) in [6.45, 7) is -0.347. The molecule has 0 fully saturated rings. The molecule has 0 saturated heterocycles. The minimum Gasteiger partial charge on any atom is -0.497 e. The van der Waals surface area contributed by atoms with Crippen molar-refractivity contribution >= 4 is 28.5 Å². The molecule has 0 unspecified atom stereocenters. The number of benzene rings is 3. The molecular weight excluding hydrogens is 552 g/mol. The lowest BCUT2D eigenvalue weighted by molar-refractivity contribution is -0.137. The summed E-state index contributed by atoms with van der Waals surface area (Å²) in [5.41, 5.74) is 3.20. The molecule has 2 amide bonds. The van der Waals surface area contributed by atoms with Gasteiger partial charge >= 0.3 is 0 Å². The van der Waals surface area contributed by atoms with Crippen molar-refractivity contribution in [3.8, 4) is 23.0 Å². The molecule has 0 aliphatic carbocycles. The van der Waals surface area contributed by atoms with Crippen molar-refractivity contribution in [2.45, 2.75) is 12.6 Å². The van der Waals surface area contributed by atoms with E-state index >= 15 is 0 Å². The molecule has 5 aromatic rings. The van der Waals surface area contributed by atoms with Gasteiger partial charge in [-0.25, -0.2) is 4.68 Å². The van der Waals surface area contributed by atoms with E-state index in [-0.39, 0.29) is 25.8 Å². The van der Waals surface area contributed by atoms with E-state index in [0.29, 0.717) is 50.8 Å². The largest absolute Gasteiger partial charge is 0.497 e. The topological polar surface area (TPSA) is 130 Å². The van der Waals surface area contributed by atoms with Gasteiger partial charge in [-0.3, -0.25) is 14.6 Å². The van der Waals surface area contributed by atoms with E-state index in [4.69, 9.17) is 18.9 Å². The highest BCUT2D eigenvalue weighted by Gasteiger charge is 2.31. The summed E-state index contributed by atoms with van der Waals surface area (Å²) >= 11 is 0. The zero-order valence-corrected chi connectivity index (χ0v) is 23.5. The minimum atomic E-state index is -0.700. The zero-order chi connectivity index (χ0) is 29.8. The number of rotatable bonds is 10. The number of anilines is 1. The third kappa shape index (κ3) is 5.75. The van der Waals surface area contributed by atoms with Crippen LogP contribution in [0, 0.1) is 0 Å². The summed E-state index contributed by atoms with van der Waals surface area (Å²) in [6.07, 6.45) is 3.32. The van der Waals surface area contributed by atoms with Gasteiger partial charge in [0.15, 0.2) is 11.5 Å². The maximum Gasteiger partial charge on any atom is 0.245 e. The number of para-hydroxylation sites is 1. The monoisotopic (exact) mass is 580 g/mol. The van der Waals surface area contributed by atoms with Crippen LogP contribution in [-0.2, 0) is 16.1 Å². The second kappa shape index (κ2) is 12.1. The molecule has 0 bridgehead atoms. The summed E-state index contributed by atoms with van der Waals surface area (Å²) in [6, 6.07) is 20.8. The fourth-order valence-corrected chi connectivity index (χ4v) is 5.00. The van der Waals surface area contributed by atoms with Gasteiger partial charge in [-0.1, -0.05) is 29.5 Å². The van der Waals surface area contributed by atoms with Gasteiger partial charge in [0.05, 0.1) is 31.5 Å². The van der Waals surface area contributed by atoms with Gasteiger partial charge in [-0.15, -0.1) is 5.10 Å². The predicted octanol–water partition coefficient (Wildman–Crippen LogP) is 3.83. The number of aromatic nitrogens is 4. The number of carbonyl (C=O) groups is 2. The maximum atomic E-state index is 14.2. The van der Waals surface area contributed by atoms with Crippen molar-refractivity contribution in [3.05, 3.63) is 96.3 Å². The van der Waals surface area contributed by atoms with Crippen LogP contribution in [0.2, 0.25) is 0 Å². The van der Waals surface area contributed by atoms with Crippen LogP contribution >= 0.6 is 0 Å². The molecule has 43 heavy (non-hydrogen) atoms. The van der Waals surface area contributed by atoms with Crippen molar-refractivity contribution in [1.29, 1.82) is 0 Å². The van der Waals surface area contributed by atoms with Crippen LogP contribution in [0.3, 0.4) is 0 Å². The molecule has 6 rings (SSSR count). The summed E-state index contributed by atoms with van der Waals surface area (Å²) in [7, 11) is 3.05. The molecule has 1 aliphatic rings. The predicted molar refractivity (Wildman–Crippen MR) is 156 cm³/mol. The second-order valence-electron chi connectivity index (χ2n) is 9.67. The first kappa shape index (κ1) is 27.5. The first-order valence-electron chi connectivity index (χ1n) is 13.4. The van der Waals surface area contributed by atoms with Crippen LogP contribution in [0.4, 0.5) is 5.69 Å². The highest BCUT2D eigenvalue weighted by Crippen LogP contribution is 2.38. The summed E-state index contributed by atoms with van der Waals surface area (Å²) in [5.74, 6) is 1.35. The Bertz CT molecular complexity index is 1780. The van der Waals surface area contributed by atoms with E-state index in [0.717, 1.165) is 0 Å². The number of methoxy groups -OCH3 is 2. The third-order valence-corrected chi connectivity index (χ3v) is 7.05. The molecule has 3 aromatic carbocycles. The Labute approximate surface area is 246 Å². The van der Waals surface area contributed by atoms with E-state index in [9.17, 15) is 9.59 Å². The van der Waals surface area contributed by atoms with Gasteiger partial charge in [0.2, 0.25) is 18.6 Å². The van der Waals surface area contributed by atoms with Crippen molar-refractivity contribution in [2.24, 2.45) is 0 Å². The van der Waals surface area contributed by atoms with E-state index in [1.54, 1.807) is 49.8 Å². The van der Waals surface area contributed by atoms with Crippen LogP contribution in [0.15, 0.2) is 85.2 Å². The van der Waals surface area contributed by atoms with Crippen molar-refractivity contribution in [2.75, 3.05) is 32.9 Å². The number of nitrogens with one attached hydrogen (secondary N) is 1. The number of hydrogen-bond acceptors (Lipinski definition) is 9. The van der Waals surface area contributed by atoms with Gasteiger partial charge in [-0.2, -0.15) is 0 Å². The number of nitrogens with zero attached hydrogens (tertiary/aromatic N) is 5. The lowest BCUT2D eigenvalue weighted by Gasteiger charge is -2.32. The quantitative estimate of drug-likeness (QED) is 0.262. The summed E-state index contributed by atoms with van der Waals surface area (Å²) < 4.78 is 23.4. The van der Waals surface area contributed by atoms with E-state index in [1.165, 1.54) is 16.7 Å². The van der Waals surface area contributed by atoms with Crippen LogP contribution in [0.1, 0.15) is 17.2 Å². The Hall–Kier alpha value is -5.65. The number of amides is 2. The Kier molecular flexibility index (Phi) is 7.72. The average molecular weight is 581 g/mol. The smallest absolute Gasteiger partial charge is 0.245 e. The Balaban J connectivity index is 1.38. The molecule has 0 radical (unpaired) electrons. The molecular formula is C31H28N6O6. The highest BCUT2D eigenvalue weighted by atomic mass is 16.7. The molecule has 1 atom stereocenters. The van der Waals surface area contributed by atoms with Crippen molar-refractivity contribution in [1.82, 2.24) is 24.9 Å². The van der Waals surface area contributed by atoms with Gasteiger partial charge in [-0.05, 0) is 53.6 Å². The standard InChI is InChI=1S/C31H28N6O6/c1-40-22-10-11-24(27(15-22)41-2)33-29(38)17-36(30(39)18-37-25-8-4-3-7-23(25)34-35-37)31(21-6-5-13-32-16-21)20-9-12-26-28(14-20)43-19-42-26/h3-16,31H,17-19H2,1-2H3,(H,33,38)/t31-/m0/s1. The van der Waals surface area contributed by atoms with Crippen molar-refractivity contribution in [3.63, 3.8) is 0 Å². The molecule has 0 saturated carbocycles. The number of ether oxygens (including phenoxy) is 4. The van der Waals surface area contributed by atoms with Gasteiger partial charge in [0, 0.05) is 18.5 Å². The molecule has 1 N–H and O–H groups in total. The minimum absolute atomic E-state index is 0.102. The van der Waals surface area contributed by atoms with Crippen LogP contribution in [-0.4, -0.2) is 64.2 Å². The van der Waals surface area contributed by atoms with Crippen LogP contribution < -0.4 is 24.3 Å². The van der Waals surface area contributed by atoms with Gasteiger partial charge < -0.3 is 29.2 Å². The third-order valence-electron chi connectivity index (χ3n) is 7.05. The molecule has 0 spiro atoms. The van der Waals surface area contributed by atoms with Crippen molar-refractivity contribution < 1.29 is 28.5 Å². The normalized spacial score (nSPS) is 12.5. The summed E-state index contributed by atoms with van der Waals surface area (Å²) in [5, 5.41) is 11.3. The van der Waals surface area contributed by atoms with Crippen LogP contribution in [0.5, 0.6) is 23.0 Å². The molecule has 12 nitrogen and oxygen atoms in total. The first-order chi connectivity index (χ1) is 21.0. The zero-order valence-electron chi connectivity index (χ0n) is 23.5. The maximum absolute atomic E-state index is 14.2. The lowest BCUT2D eigenvalue weighted by Crippen LogP contribution is -2.43. The molecule has 12 heteroatoms.